The molecule has 0 bridgehead atoms. The minimum atomic E-state index is -0.720. The van der Waals surface area contributed by atoms with Gasteiger partial charge in [0.1, 0.15) is 5.41 Å². The van der Waals surface area contributed by atoms with E-state index in [0.717, 1.165) is 23.0 Å². The molecule has 0 aliphatic heterocycles. The fraction of sp³-hybridized carbons (Fsp3) is 0.400. The highest BCUT2D eigenvalue weighted by atomic mass is 16.2. The summed E-state index contributed by atoms with van der Waals surface area (Å²) in [6, 6.07) is 8.20. The van der Waals surface area contributed by atoms with E-state index in [1.54, 1.807) is 18.3 Å². The second-order valence-corrected chi connectivity index (χ2v) is 5.42. The third kappa shape index (κ3) is 2.14. The molecule has 0 spiro atoms. The number of H-pyrrole nitrogens is 1. The quantitative estimate of drug-likeness (QED) is 0.920. The van der Waals surface area contributed by atoms with E-state index in [0.29, 0.717) is 19.4 Å². The van der Waals surface area contributed by atoms with Gasteiger partial charge in [0, 0.05) is 13.6 Å². The Kier molecular flexibility index (Phi) is 2.94. The standard InChI is InChI=1S/C15H16N4O/c1-19(14(20)15(9-16)5-6-15)7-4-11-2-3-12-13(8-11)18-10-17-12/h2-3,8,10H,4-7H2,1H3,(H,17,18). The average molecular weight is 268 g/mol. The molecule has 5 nitrogen and oxygen atoms in total. The first kappa shape index (κ1) is 12.7. The Morgan fingerprint density at radius 1 is 1.55 bits per heavy atom. The lowest BCUT2D eigenvalue weighted by Crippen LogP contribution is -2.34. The van der Waals surface area contributed by atoms with Crippen LogP contribution in [0.1, 0.15) is 18.4 Å². The normalized spacial score (nSPS) is 15.8. The lowest BCUT2D eigenvalue weighted by atomic mass is 10.1. The molecule has 102 valence electrons. The van der Waals surface area contributed by atoms with Crippen molar-refractivity contribution in [2.45, 2.75) is 19.3 Å². The Labute approximate surface area is 117 Å². The minimum absolute atomic E-state index is 0.0392. The number of fused-ring (bicyclic) bond motifs is 1. The number of amides is 1. The van der Waals surface area contributed by atoms with Gasteiger partial charge in [-0.05, 0) is 37.0 Å². The Balaban J connectivity index is 1.64. The van der Waals surface area contributed by atoms with Gasteiger partial charge >= 0.3 is 0 Å². The van der Waals surface area contributed by atoms with Crippen LogP contribution in [0.4, 0.5) is 0 Å². The monoisotopic (exact) mass is 268 g/mol. The van der Waals surface area contributed by atoms with Crippen LogP contribution in [0, 0.1) is 16.7 Å². The van der Waals surface area contributed by atoms with Gasteiger partial charge < -0.3 is 9.88 Å². The first-order valence-electron chi connectivity index (χ1n) is 6.73. The van der Waals surface area contributed by atoms with Gasteiger partial charge in [0.05, 0.1) is 23.4 Å². The van der Waals surface area contributed by atoms with Crippen molar-refractivity contribution in [3.63, 3.8) is 0 Å². The lowest BCUT2D eigenvalue weighted by Gasteiger charge is -2.19. The maximum atomic E-state index is 12.1. The summed E-state index contributed by atoms with van der Waals surface area (Å²) in [5, 5.41) is 9.05. The molecule has 1 saturated carbocycles. The summed E-state index contributed by atoms with van der Waals surface area (Å²) in [6.45, 7) is 0.627. The molecule has 3 rings (SSSR count). The van der Waals surface area contributed by atoms with Crippen molar-refractivity contribution in [3.05, 3.63) is 30.1 Å². The number of hydrogen-bond acceptors (Lipinski definition) is 3. The molecule has 1 aromatic heterocycles. The Morgan fingerprint density at radius 2 is 2.35 bits per heavy atom. The van der Waals surface area contributed by atoms with Crippen molar-refractivity contribution in [2.75, 3.05) is 13.6 Å². The number of aromatic amines is 1. The van der Waals surface area contributed by atoms with Crippen LogP contribution in [0.5, 0.6) is 0 Å². The molecule has 0 saturated heterocycles. The summed E-state index contributed by atoms with van der Waals surface area (Å²) in [5.74, 6) is -0.0392. The van der Waals surface area contributed by atoms with Crippen LogP contribution in [-0.4, -0.2) is 34.4 Å². The van der Waals surface area contributed by atoms with Gasteiger partial charge in [0.2, 0.25) is 5.91 Å². The van der Waals surface area contributed by atoms with E-state index in [1.165, 1.54) is 0 Å². The number of nitriles is 1. The second kappa shape index (κ2) is 4.64. The van der Waals surface area contributed by atoms with E-state index in [9.17, 15) is 4.79 Å². The van der Waals surface area contributed by atoms with Crippen molar-refractivity contribution in [3.8, 4) is 6.07 Å². The Bertz CT molecular complexity index is 693. The van der Waals surface area contributed by atoms with Crippen molar-refractivity contribution in [1.82, 2.24) is 14.9 Å². The molecule has 1 fully saturated rings. The van der Waals surface area contributed by atoms with Crippen molar-refractivity contribution >= 4 is 16.9 Å². The van der Waals surface area contributed by atoms with Crippen LogP contribution < -0.4 is 0 Å². The molecular formula is C15H16N4O. The highest BCUT2D eigenvalue weighted by Gasteiger charge is 2.51. The molecule has 20 heavy (non-hydrogen) atoms. The van der Waals surface area contributed by atoms with E-state index < -0.39 is 5.41 Å². The molecule has 0 atom stereocenters. The summed E-state index contributed by atoms with van der Waals surface area (Å²) in [6.07, 6.45) is 3.85. The highest BCUT2D eigenvalue weighted by molar-refractivity contribution is 5.88. The van der Waals surface area contributed by atoms with Crippen LogP contribution >= 0.6 is 0 Å². The Morgan fingerprint density at radius 3 is 3.05 bits per heavy atom. The van der Waals surface area contributed by atoms with Gasteiger partial charge in [0.25, 0.3) is 0 Å². The van der Waals surface area contributed by atoms with Crippen LogP contribution in [0.3, 0.4) is 0 Å². The van der Waals surface area contributed by atoms with E-state index in [4.69, 9.17) is 5.26 Å². The van der Waals surface area contributed by atoms with Crippen LogP contribution in [-0.2, 0) is 11.2 Å². The second-order valence-electron chi connectivity index (χ2n) is 5.42. The van der Waals surface area contributed by atoms with Gasteiger partial charge in [-0.3, -0.25) is 4.79 Å². The van der Waals surface area contributed by atoms with Gasteiger partial charge in [-0.15, -0.1) is 0 Å². The fourth-order valence-electron chi connectivity index (χ4n) is 2.40. The molecule has 1 aromatic carbocycles. The van der Waals surface area contributed by atoms with Crippen molar-refractivity contribution in [1.29, 1.82) is 5.26 Å². The summed E-state index contributed by atoms with van der Waals surface area (Å²) in [5.41, 5.74) is 2.39. The topological polar surface area (TPSA) is 72.8 Å². The molecule has 1 amide bonds. The van der Waals surface area contributed by atoms with Crippen LogP contribution in [0.15, 0.2) is 24.5 Å². The molecule has 1 aliphatic carbocycles. The summed E-state index contributed by atoms with van der Waals surface area (Å²) < 4.78 is 0. The number of rotatable bonds is 4. The third-order valence-corrected chi connectivity index (χ3v) is 3.94. The lowest BCUT2D eigenvalue weighted by molar-refractivity contribution is -0.133. The van der Waals surface area contributed by atoms with Crippen molar-refractivity contribution in [2.24, 2.45) is 5.41 Å². The zero-order chi connectivity index (χ0) is 14.2. The van der Waals surface area contributed by atoms with Gasteiger partial charge in [0.15, 0.2) is 0 Å². The van der Waals surface area contributed by atoms with Crippen LogP contribution in [0.2, 0.25) is 0 Å². The van der Waals surface area contributed by atoms with E-state index >= 15 is 0 Å². The van der Waals surface area contributed by atoms with Crippen molar-refractivity contribution < 1.29 is 4.79 Å². The summed E-state index contributed by atoms with van der Waals surface area (Å²) in [4.78, 5) is 21.1. The maximum Gasteiger partial charge on any atom is 0.242 e. The number of carbonyl (C=O) groups is 1. The number of likely N-dealkylation sites (N-methyl/N-ethyl adjacent to an activating group) is 1. The SMILES string of the molecule is CN(CCc1ccc2nc[nH]c2c1)C(=O)C1(C#N)CC1. The Hall–Kier alpha value is -2.35. The summed E-state index contributed by atoms with van der Waals surface area (Å²) in [7, 11) is 1.77. The number of aromatic nitrogens is 2. The first-order valence-corrected chi connectivity index (χ1v) is 6.73. The molecule has 5 heteroatoms. The third-order valence-electron chi connectivity index (χ3n) is 3.94. The van der Waals surface area contributed by atoms with Crippen LogP contribution in [0.25, 0.3) is 11.0 Å². The van der Waals surface area contributed by atoms with E-state index in [1.807, 2.05) is 12.1 Å². The van der Waals surface area contributed by atoms with Gasteiger partial charge in [-0.2, -0.15) is 5.26 Å². The van der Waals surface area contributed by atoms with Gasteiger partial charge in [-0.25, -0.2) is 4.98 Å². The number of hydrogen-bond donors (Lipinski definition) is 1. The molecular weight excluding hydrogens is 252 g/mol. The maximum absolute atomic E-state index is 12.1. The number of carbonyl (C=O) groups excluding carboxylic acids is 1. The smallest absolute Gasteiger partial charge is 0.242 e. The minimum Gasteiger partial charge on any atom is -0.345 e. The average Bonchev–Trinajstić information content (AvgIpc) is 3.14. The number of benzene rings is 1. The largest absolute Gasteiger partial charge is 0.345 e. The molecule has 1 heterocycles. The number of nitrogens with zero attached hydrogens (tertiary/aromatic N) is 3. The summed E-state index contributed by atoms with van der Waals surface area (Å²) >= 11 is 0. The predicted octanol–water partition coefficient (Wildman–Crippen LogP) is 1.87. The van der Waals surface area contributed by atoms with Gasteiger partial charge in [-0.1, -0.05) is 6.07 Å². The van der Waals surface area contributed by atoms with E-state index in [-0.39, 0.29) is 5.91 Å². The molecule has 0 unspecified atom stereocenters. The molecule has 1 aliphatic rings. The predicted molar refractivity (Wildman–Crippen MR) is 74.7 cm³/mol. The van der Waals surface area contributed by atoms with E-state index in [2.05, 4.69) is 22.1 Å². The molecule has 1 N–H and O–H groups in total. The zero-order valence-corrected chi connectivity index (χ0v) is 11.4. The first-order chi connectivity index (χ1) is 9.64. The number of imidazole rings is 1. The molecule has 0 radical (unpaired) electrons. The fourth-order valence-corrected chi connectivity index (χ4v) is 2.40. The zero-order valence-electron chi connectivity index (χ0n) is 11.4. The molecule has 2 aromatic rings. The highest BCUT2D eigenvalue weighted by Crippen LogP contribution is 2.46. The number of nitrogens with one attached hydrogen (secondary N) is 1.